The van der Waals surface area contributed by atoms with Gasteiger partial charge in [0.05, 0.1) is 0 Å². The Balaban J connectivity index is 1.74. The van der Waals surface area contributed by atoms with Crippen LogP contribution in [-0.2, 0) is 4.79 Å². The minimum atomic E-state index is 0.231. The van der Waals surface area contributed by atoms with Crippen LogP contribution in [0.2, 0.25) is 0 Å². The molecule has 0 saturated heterocycles. The van der Waals surface area contributed by atoms with Crippen LogP contribution in [0.1, 0.15) is 51.9 Å². The van der Waals surface area contributed by atoms with Crippen molar-refractivity contribution < 1.29 is 9.90 Å². The average molecular weight is 253 g/mol. The molecule has 0 aliphatic heterocycles. The van der Waals surface area contributed by atoms with Gasteiger partial charge in [-0.2, -0.15) is 0 Å². The van der Waals surface area contributed by atoms with Gasteiger partial charge >= 0.3 is 0 Å². The van der Waals surface area contributed by atoms with E-state index < -0.39 is 0 Å². The first-order valence-electron chi connectivity index (χ1n) is 7.64. The van der Waals surface area contributed by atoms with E-state index in [0.29, 0.717) is 29.6 Å². The average Bonchev–Trinajstić information content (AvgIpc) is 3.20. The highest BCUT2D eigenvalue weighted by molar-refractivity contribution is 5.80. The van der Waals surface area contributed by atoms with Crippen molar-refractivity contribution in [3.63, 3.8) is 0 Å². The van der Waals surface area contributed by atoms with Crippen LogP contribution in [0.15, 0.2) is 0 Å². The van der Waals surface area contributed by atoms with Crippen LogP contribution < -0.4 is 5.32 Å². The molecule has 0 aromatic carbocycles. The summed E-state index contributed by atoms with van der Waals surface area (Å²) >= 11 is 0. The summed E-state index contributed by atoms with van der Waals surface area (Å²) in [6.45, 7) is 3.14. The highest BCUT2D eigenvalue weighted by atomic mass is 16.3. The molecule has 0 bridgehead atoms. The summed E-state index contributed by atoms with van der Waals surface area (Å²) in [4.78, 5) is 12.2. The number of nitrogens with one attached hydrogen (secondary N) is 1. The van der Waals surface area contributed by atoms with Gasteiger partial charge in [0.2, 0.25) is 5.91 Å². The van der Waals surface area contributed by atoms with Crippen molar-refractivity contribution >= 4 is 5.91 Å². The standard InChI is InChI=1S/C15H27NO2/c1-2-3-11(8-9-17)10-16-15(18)14(12-4-5-12)13-6-7-13/h11-14,17H,2-10H2,1H3,(H,16,18). The molecule has 0 aromatic heterocycles. The molecule has 2 aliphatic rings. The maximum atomic E-state index is 12.2. The lowest BCUT2D eigenvalue weighted by Crippen LogP contribution is -2.36. The highest BCUT2D eigenvalue weighted by Gasteiger charge is 2.45. The number of hydrogen-bond donors (Lipinski definition) is 2. The summed E-state index contributed by atoms with van der Waals surface area (Å²) in [6, 6.07) is 0. The minimum Gasteiger partial charge on any atom is -0.396 e. The molecule has 0 spiro atoms. The van der Waals surface area contributed by atoms with Crippen molar-refractivity contribution in [2.75, 3.05) is 13.2 Å². The highest BCUT2D eigenvalue weighted by Crippen LogP contribution is 2.49. The Bertz CT molecular complexity index is 254. The summed E-state index contributed by atoms with van der Waals surface area (Å²) in [5, 5.41) is 12.2. The topological polar surface area (TPSA) is 49.3 Å². The van der Waals surface area contributed by atoms with Crippen molar-refractivity contribution in [1.82, 2.24) is 5.32 Å². The second-order valence-corrected chi connectivity index (χ2v) is 6.11. The number of carbonyl (C=O) groups is 1. The lowest BCUT2D eigenvalue weighted by molar-refractivity contribution is -0.126. The molecule has 2 rings (SSSR count). The van der Waals surface area contributed by atoms with Gasteiger partial charge in [-0.3, -0.25) is 4.79 Å². The molecule has 1 atom stereocenters. The Hall–Kier alpha value is -0.570. The molecule has 2 N–H and O–H groups in total. The lowest BCUT2D eigenvalue weighted by Gasteiger charge is -2.19. The van der Waals surface area contributed by atoms with Crippen molar-refractivity contribution in [2.24, 2.45) is 23.7 Å². The zero-order valence-corrected chi connectivity index (χ0v) is 11.5. The Morgan fingerprint density at radius 3 is 2.28 bits per heavy atom. The third-order valence-corrected chi connectivity index (χ3v) is 4.36. The zero-order chi connectivity index (χ0) is 13.0. The Morgan fingerprint density at radius 2 is 1.83 bits per heavy atom. The van der Waals surface area contributed by atoms with Gasteiger partial charge in [0, 0.05) is 19.1 Å². The molecular formula is C15H27NO2. The molecule has 104 valence electrons. The number of aliphatic hydroxyl groups is 1. The van der Waals surface area contributed by atoms with Gasteiger partial charge < -0.3 is 10.4 Å². The first-order chi connectivity index (χ1) is 8.76. The predicted molar refractivity (Wildman–Crippen MR) is 72.0 cm³/mol. The summed E-state index contributed by atoms with van der Waals surface area (Å²) in [5.74, 6) is 2.41. The number of aliphatic hydroxyl groups excluding tert-OH is 1. The van der Waals surface area contributed by atoms with Gasteiger partial charge in [0.15, 0.2) is 0 Å². The first kappa shape index (κ1) is 13.9. The molecule has 0 aromatic rings. The second-order valence-electron chi connectivity index (χ2n) is 6.11. The van der Waals surface area contributed by atoms with E-state index in [1.54, 1.807) is 0 Å². The van der Waals surface area contributed by atoms with Crippen LogP contribution in [-0.4, -0.2) is 24.2 Å². The van der Waals surface area contributed by atoms with Crippen molar-refractivity contribution in [3.8, 4) is 0 Å². The molecule has 3 heteroatoms. The summed E-state index contributed by atoms with van der Waals surface area (Å²) < 4.78 is 0. The van der Waals surface area contributed by atoms with Gasteiger partial charge in [0.25, 0.3) is 0 Å². The predicted octanol–water partition coefficient (Wildman–Crippen LogP) is 2.34. The fourth-order valence-electron chi connectivity index (χ4n) is 3.03. The lowest BCUT2D eigenvalue weighted by atomic mass is 9.95. The maximum Gasteiger partial charge on any atom is 0.223 e. The molecular weight excluding hydrogens is 226 g/mol. The van der Waals surface area contributed by atoms with E-state index in [1.165, 1.54) is 25.7 Å². The fourth-order valence-corrected chi connectivity index (χ4v) is 3.03. The second kappa shape index (κ2) is 6.55. The SMILES string of the molecule is CCCC(CCO)CNC(=O)C(C1CC1)C1CC1. The number of carbonyl (C=O) groups excluding carboxylic acids is 1. The zero-order valence-electron chi connectivity index (χ0n) is 11.5. The van der Waals surface area contributed by atoms with Gasteiger partial charge in [-0.1, -0.05) is 13.3 Å². The van der Waals surface area contributed by atoms with E-state index >= 15 is 0 Å². The first-order valence-corrected chi connectivity index (χ1v) is 7.64. The van der Waals surface area contributed by atoms with E-state index in [2.05, 4.69) is 12.2 Å². The van der Waals surface area contributed by atoms with Crippen molar-refractivity contribution in [3.05, 3.63) is 0 Å². The van der Waals surface area contributed by atoms with Crippen LogP contribution >= 0.6 is 0 Å². The molecule has 0 radical (unpaired) electrons. The number of hydrogen-bond acceptors (Lipinski definition) is 2. The molecule has 0 heterocycles. The number of rotatable bonds is 9. The molecule has 2 saturated carbocycles. The van der Waals surface area contributed by atoms with Crippen LogP contribution in [0.5, 0.6) is 0 Å². The monoisotopic (exact) mass is 253 g/mol. The van der Waals surface area contributed by atoms with Gasteiger partial charge in [-0.15, -0.1) is 0 Å². The summed E-state index contributed by atoms with van der Waals surface area (Å²) in [7, 11) is 0. The molecule has 18 heavy (non-hydrogen) atoms. The third kappa shape index (κ3) is 3.98. The van der Waals surface area contributed by atoms with Crippen LogP contribution in [0, 0.1) is 23.7 Å². The van der Waals surface area contributed by atoms with Crippen molar-refractivity contribution in [2.45, 2.75) is 51.9 Å². The van der Waals surface area contributed by atoms with Gasteiger partial charge in [-0.05, 0) is 56.3 Å². The molecule has 1 unspecified atom stereocenters. The molecule has 2 fully saturated rings. The molecule has 1 amide bonds. The summed E-state index contributed by atoms with van der Waals surface area (Å²) in [6.07, 6.45) is 8.04. The summed E-state index contributed by atoms with van der Waals surface area (Å²) in [5.41, 5.74) is 0. The van der Waals surface area contributed by atoms with E-state index in [9.17, 15) is 4.79 Å². The Morgan fingerprint density at radius 1 is 1.22 bits per heavy atom. The number of amides is 1. The van der Waals surface area contributed by atoms with E-state index in [4.69, 9.17) is 5.11 Å². The fraction of sp³-hybridized carbons (Fsp3) is 0.933. The van der Waals surface area contributed by atoms with Crippen LogP contribution in [0.25, 0.3) is 0 Å². The quantitative estimate of drug-likeness (QED) is 0.662. The maximum absolute atomic E-state index is 12.2. The van der Waals surface area contributed by atoms with E-state index in [-0.39, 0.29) is 6.61 Å². The molecule has 3 nitrogen and oxygen atoms in total. The third-order valence-electron chi connectivity index (χ3n) is 4.36. The Kier molecular flexibility index (Phi) is 5.04. The van der Waals surface area contributed by atoms with Crippen molar-refractivity contribution in [1.29, 1.82) is 0 Å². The van der Waals surface area contributed by atoms with Crippen LogP contribution in [0.4, 0.5) is 0 Å². The molecule has 2 aliphatic carbocycles. The van der Waals surface area contributed by atoms with Crippen LogP contribution in [0.3, 0.4) is 0 Å². The minimum absolute atomic E-state index is 0.231. The normalized spacial score (nSPS) is 21.1. The van der Waals surface area contributed by atoms with E-state index in [1.807, 2.05) is 0 Å². The largest absolute Gasteiger partial charge is 0.396 e. The smallest absolute Gasteiger partial charge is 0.223 e. The van der Waals surface area contributed by atoms with Gasteiger partial charge in [-0.25, -0.2) is 0 Å². The Labute approximate surface area is 110 Å². The van der Waals surface area contributed by atoms with E-state index in [0.717, 1.165) is 25.8 Å². The van der Waals surface area contributed by atoms with Gasteiger partial charge in [0.1, 0.15) is 0 Å².